The molecule has 0 fully saturated rings. The van der Waals surface area contributed by atoms with Crippen LogP contribution in [0.2, 0.25) is 0 Å². The minimum absolute atomic E-state index is 0. The molecule has 40 nitrogen and oxygen atoms in total. The Labute approximate surface area is 659 Å². The Morgan fingerprint density at radius 1 is 0.300 bits per heavy atom. The van der Waals surface area contributed by atoms with Crippen LogP contribution in [0.25, 0.3) is 0 Å². The largest absolute Gasteiger partial charge is 0.529 e. The molecule has 0 heterocycles. The van der Waals surface area contributed by atoms with E-state index in [4.69, 9.17) is 18.1 Å². The van der Waals surface area contributed by atoms with Gasteiger partial charge in [-0.1, -0.05) is 7.43 Å². The highest BCUT2D eigenvalue weighted by atomic mass is 31.2. The molecule has 64 heteroatoms. The summed E-state index contributed by atoms with van der Waals surface area (Å²) in [5.74, 6) is -4.37. The first kappa shape index (κ1) is 110. The standard InChI is InChI=1S/C10H11F3NO5P.C9H8F3N2O7P.C9H9F3NO6P.3C9H9F3NO5P.CH4/c1-3-18-20(2,17)19-9-5-4-7(10(11,12)13)6-8(9)14(15)16;1-20-22(2,19)21-8-6(13(15)16)3-5(9(10,11)12)4-7(8)14(17)18;1-17-20(16,18-2)19-8-4-3-6(13(14)15)5-7(8)9(10,11)12;1-17-19(2,16)18-6-3-4-8(13(14)15)7(5-6)9(10,11)12;1-17-19(2,16)18-8-4-3-6(13(14)15)5-7(8)9(10,11)12;1-17-19(2,16)18-8-4-3-6(9(10,11)12)5-7(8)13(14)15;/h4-6H,3H2,1-2H3;3-4H,1-2H3;3-5H,1-2H3;3*3-5H,1-2H3;1H4. The van der Waals surface area contributed by atoms with Crippen molar-refractivity contribution in [2.24, 2.45) is 0 Å². The average Bonchev–Trinajstić information content (AvgIpc) is 0.788. The van der Waals surface area contributed by atoms with Gasteiger partial charge in [0.15, 0.2) is 0 Å². The number of nitrogens with zero attached hydrogens (tertiary/aromatic N) is 7. The third-order valence-corrected chi connectivity index (χ3v) is 20.2. The monoisotopic (exact) mass is 1890 g/mol. The molecular formula is C56H59F18N7O33P6. The summed E-state index contributed by atoms with van der Waals surface area (Å²) in [5.41, 5.74) is -15.5. The van der Waals surface area contributed by atoms with Crippen molar-refractivity contribution in [2.45, 2.75) is 51.4 Å². The Kier molecular flexibility index (Phi) is 39.6. The molecule has 5 unspecified atom stereocenters. The molecule has 0 spiro atoms. The van der Waals surface area contributed by atoms with Gasteiger partial charge in [0.25, 0.3) is 22.8 Å². The molecule has 5 atom stereocenters. The second-order valence-electron chi connectivity index (χ2n) is 21.4. The maximum atomic E-state index is 12.8. The summed E-state index contributed by atoms with van der Waals surface area (Å²) in [6.07, 6.45) is -29.2. The summed E-state index contributed by atoms with van der Waals surface area (Å²) in [4.78, 5) is 66.8. The number of benzene rings is 6. The van der Waals surface area contributed by atoms with E-state index < -0.39 is 225 Å². The summed E-state index contributed by atoms with van der Waals surface area (Å²) in [7, 11) is -16.8. The lowest BCUT2D eigenvalue weighted by Gasteiger charge is -2.17. The number of hydrogen-bond acceptors (Lipinski definition) is 33. The molecule has 120 heavy (non-hydrogen) atoms. The third-order valence-electron chi connectivity index (χ3n) is 12.8. The van der Waals surface area contributed by atoms with Crippen molar-refractivity contribution in [3.05, 3.63) is 207 Å². The highest BCUT2D eigenvalue weighted by molar-refractivity contribution is 7.54. The van der Waals surface area contributed by atoms with Crippen LogP contribution in [0.3, 0.4) is 0 Å². The molecule has 672 valence electrons. The van der Waals surface area contributed by atoms with Crippen LogP contribution >= 0.6 is 45.8 Å². The minimum atomic E-state index is -5.05. The minimum Gasteiger partial charge on any atom is -0.425 e. The number of nitro benzene ring substituents is 7. The first-order valence-corrected chi connectivity index (χ1v) is 41.2. The van der Waals surface area contributed by atoms with E-state index in [2.05, 4.69) is 40.7 Å². The molecule has 0 N–H and O–H groups in total. The van der Waals surface area contributed by atoms with E-state index >= 15 is 0 Å². The zero-order chi connectivity index (χ0) is 92.9. The molecule has 0 bridgehead atoms. The van der Waals surface area contributed by atoms with E-state index in [0.717, 1.165) is 112 Å². The zero-order valence-electron chi connectivity index (χ0n) is 61.1. The quantitative estimate of drug-likeness (QED) is 0.0200. The number of rotatable bonds is 27. The second kappa shape index (κ2) is 43.3. The fourth-order valence-corrected chi connectivity index (χ4v) is 11.4. The number of halogens is 18. The molecule has 0 radical (unpaired) electrons. The van der Waals surface area contributed by atoms with E-state index in [9.17, 15) is 177 Å². The van der Waals surface area contributed by atoms with Crippen molar-refractivity contribution in [3.63, 3.8) is 0 Å². The van der Waals surface area contributed by atoms with Gasteiger partial charge >= 0.3 is 106 Å². The first-order chi connectivity index (χ1) is 53.8. The first-order valence-electron chi connectivity index (χ1n) is 29.7. The lowest BCUT2D eigenvalue weighted by atomic mass is 10.1. The zero-order valence-corrected chi connectivity index (χ0v) is 66.5. The average molecular weight is 1890 g/mol. The Balaban J connectivity index is 0.00000141. The summed E-state index contributed by atoms with van der Waals surface area (Å²) >= 11 is 0. The van der Waals surface area contributed by atoms with E-state index in [1.54, 1.807) is 0 Å². The van der Waals surface area contributed by atoms with Crippen molar-refractivity contribution >= 4 is 85.6 Å². The summed E-state index contributed by atoms with van der Waals surface area (Å²) < 4.78 is 356. The van der Waals surface area contributed by atoms with Gasteiger partial charge in [-0.2, -0.15) is 79.0 Å². The summed E-state index contributed by atoms with van der Waals surface area (Å²) in [6, 6.07) is 8.96. The van der Waals surface area contributed by atoms with Crippen LogP contribution in [-0.4, -0.2) is 117 Å². The Morgan fingerprint density at radius 3 is 0.883 bits per heavy atom. The van der Waals surface area contributed by atoms with Crippen LogP contribution in [-0.2, 0) is 96.1 Å². The predicted molar refractivity (Wildman–Crippen MR) is 375 cm³/mol. The topological polar surface area (TPSA) is 524 Å². The van der Waals surface area contributed by atoms with Gasteiger partial charge in [0, 0.05) is 131 Å². The van der Waals surface area contributed by atoms with Crippen LogP contribution in [0.5, 0.6) is 34.5 Å². The summed E-state index contributed by atoms with van der Waals surface area (Å²) in [6.45, 7) is 6.55. The van der Waals surface area contributed by atoms with Gasteiger partial charge in [-0.3, -0.25) is 79.8 Å². The number of non-ortho nitro benzene ring substituents is 2. The molecule has 6 aromatic carbocycles. The Morgan fingerprint density at radius 2 is 0.592 bits per heavy atom. The van der Waals surface area contributed by atoms with Crippen LogP contribution < -0.4 is 27.1 Å². The van der Waals surface area contributed by atoms with Gasteiger partial charge < -0.3 is 49.8 Å². The Hall–Kier alpha value is -10.2. The molecule has 0 aliphatic carbocycles. The number of alkyl halides is 18. The van der Waals surface area contributed by atoms with E-state index in [0.29, 0.717) is 48.5 Å². The molecule has 6 aromatic rings. The molecule has 0 saturated heterocycles. The van der Waals surface area contributed by atoms with E-state index in [1.807, 2.05) is 0 Å². The van der Waals surface area contributed by atoms with Crippen molar-refractivity contribution in [1.29, 1.82) is 0 Å². The van der Waals surface area contributed by atoms with Crippen LogP contribution in [0.4, 0.5) is 119 Å². The normalized spacial score (nSPS) is 14.1. The molecule has 6 rings (SSSR count). The third kappa shape index (κ3) is 35.2. The van der Waals surface area contributed by atoms with Crippen LogP contribution in [0.1, 0.15) is 47.7 Å². The molecular weight excluding hydrogens is 1830 g/mol. The second-order valence-corrected chi connectivity index (χ2v) is 33.6. The molecule has 0 amide bonds. The fourth-order valence-electron chi connectivity index (χ4n) is 7.35. The van der Waals surface area contributed by atoms with Gasteiger partial charge in [0.1, 0.15) is 33.9 Å². The highest BCUT2D eigenvalue weighted by Crippen LogP contribution is 2.56. The number of nitro groups is 7. The van der Waals surface area contributed by atoms with Gasteiger partial charge in [-0.25, -0.2) is 27.4 Å². The summed E-state index contributed by atoms with van der Waals surface area (Å²) in [5, 5.41) is 74.6. The lowest BCUT2D eigenvalue weighted by molar-refractivity contribution is -0.395. The SMILES string of the molecule is C.CCOP(C)(=O)Oc1ccc(C(F)(F)F)cc1[N+](=O)[O-].COP(=O)(OC)Oc1ccc([N+](=O)[O-])cc1C(F)(F)F.COP(C)(=O)Oc1c([N+](=O)[O-])cc(C(F)(F)F)cc1[N+](=O)[O-].COP(C)(=O)Oc1ccc(C(F)(F)F)cc1[N+](=O)[O-].COP(C)(=O)Oc1ccc([N+](=O)[O-])c(C(F)(F)F)c1.COP(C)(=O)Oc1ccc([N+](=O)[O-])cc1C(F)(F)F. The smallest absolute Gasteiger partial charge is 0.425 e. The molecule has 0 aliphatic rings. The van der Waals surface area contributed by atoms with Crippen LogP contribution in [0.15, 0.2) is 103 Å². The predicted octanol–water partition coefficient (Wildman–Crippen LogP) is 21.6. The molecule has 0 saturated carbocycles. The van der Waals surface area contributed by atoms with Crippen molar-refractivity contribution in [2.75, 3.05) is 82.6 Å². The lowest BCUT2D eigenvalue weighted by Crippen LogP contribution is -2.09. The fraction of sp³-hybridized carbons (Fsp3) is 0.357. The van der Waals surface area contributed by atoms with Crippen molar-refractivity contribution < 1.29 is 200 Å². The van der Waals surface area contributed by atoms with Crippen LogP contribution in [0, 0.1) is 70.8 Å². The number of phosphoric ester groups is 1. The molecule has 0 aromatic heterocycles. The van der Waals surface area contributed by atoms with Gasteiger partial charge in [0.05, 0.1) is 57.8 Å². The van der Waals surface area contributed by atoms with Crippen molar-refractivity contribution in [3.8, 4) is 34.5 Å². The number of phosphoric acid groups is 1. The molecule has 0 aliphatic heterocycles. The van der Waals surface area contributed by atoms with E-state index in [-0.39, 0.29) is 32.2 Å². The van der Waals surface area contributed by atoms with Gasteiger partial charge in [-0.05, 0) is 55.5 Å². The Bertz CT molecular complexity index is 4960. The highest BCUT2D eigenvalue weighted by Gasteiger charge is 2.44. The van der Waals surface area contributed by atoms with Crippen molar-refractivity contribution in [1.82, 2.24) is 0 Å². The van der Waals surface area contributed by atoms with Gasteiger partial charge in [-0.15, -0.1) is 0 Å². The van der Waals surface area contributed by atoms with Gasteiger partial charge in [0.2, 0.25) is 11.5 Å². The number of hydrogen-bond donors (Lipinski definition) is 0. The maximum absolute atomic E-state index is 12.8. The maximum Gasteiger partial charge on any atom is 0.529 e. The van der Waals surface area contributed by atoms with E-state index in [1.165, 1.54) is 6.92 Å².